The highest BCUT2D eigenvalue weighted by Crippen LogP contribution is 2.18. The molecule has 0 aliphatic carbocycles. The molecule has 0 aliphatic heterocycles. The molecule has 0 bridgehead atoms. The summed E-state index contributed by atoms with van der Waals surface area (Å²) in [6.07, 6.45) is 0.741. The van der Waals surface area contributed by atoms with Gasteiger partial charge in [0.25, 0.3) is 5.56 Å². The molecule has 1 unspecified atom stereocenters. The molecular weight excluding hydrogens is 242 g/mol. The average Bonchev–Trinajstić information content (AvgIpc) is 2.25. The lowest BCUT2D eigenvalue weighted by molar-refractivity contribution is -0.124. The number of carbonyl (C=O) groups excluding carboxylic acids is 1. The number of hydrogen-bond acceptors (Lipinski definition) is 3. The van der Waals surface area contributed by atoms with Gasteiger partial charge in [-0.1, -0.05) is 27.7 Å². The van der Waals surface area contributed by atoms with Crippen molar-refractivity contribution in [3.05, 3.63) is 27.9 Å². The smallest absolute Gasteiger partial charge is 0.251 e. The zero-order valence-electron chi connectivity index (χ0n) is 12.3. The number of aromatic amines is 1. The van der Waals surface area contributed by atoms with Crippen LogP contribution in [-0.4, -0.2) is 15.9 Å². The summed E-state index contributed by atoms with van der Waals surface area (Å²) in [4.78, 5) is 30.4. The number of nitrogens with one attached hydrogen (secondary N) is 2. The first-order valence-electron chi connectivity index (χ1n) is 6.67. The number of carbonyl (C=O) groups is 1. The molecule has 2 N–H and O–H groups in total. The van der Waals surface area contributed by atoms with E-state index in [1.165, 1.54) is 6.07 Å². The van der Waals surface area contributed by atoms with Crippen LogP contribution in [0, 0.1) is 18.8 Å². The van der Waals surface area contributed by atoms with Crippen molar-refractivity contribution in [2.24, 2.45) is 11.8 Å². The second-order valence-corrected chi connectivity index (χ2v) is 5.62. The molecule has 1 heterocycles. The normalized spacial score (nSPS) is 12.8. The zero-order chi connectivity index (χ0) is 14.6. The van der Waals surface area contributed by atoms with Crippen molar-refractivity contribution < 1.29 is 4.79 Å². The van der Waals surface area contributed by atoms with E-state index < -0.39 is 0 Å². The van der Waals surface area contributed by atoms with Crippen LogP contribution in [0.5, 0.6) is 0 Å². The van der Waals surface area contributed by atoms with Crippen LogP contribution in [0.1, 0.15) is 51.7 Å². The fourth-order valence-corrected chi connectivity index (χ4v) is 1.82. The van der Waals surface area contributed by atoms with Crippen LogP contribution in [-0.2, 0) is 4.79 Å². The maximum absolute atomic E-state index is 11.8. The van der Waals surface area contributed by atoms with E-state index in [0.717, 1.165) is 6.42 Å². The second-order valence-electron chi connectivity index (χ2n) is 5.62. The molecule has 5 heteroatoms. The Labute approximate surface area is 113 Å². The molecule has 1 aromatic heterocycles. The van der Waals surface area contributed by atoms with E-state index in [1.54, 1.807) is 6.92 Å². The highest BCUT2D eigenvalue weighted by atomic mass is 16.2. The van der Waals surface area contributed by atoms with Crippen molar-refractivity contribution in [1.82, 2.24) is 15.3 Å². The Hall–Kier alpha value is -1.65. The van der Waals surface area contributed by atoms with Crippen molar-refractivity contribution in [3.8, 4) is 0 Å². The first-order valence-corrected chi connectivity index (χ1v) is 6.67. The fraction of sp³-hybridized carbons (Fsp3) is 0.643. The van der Waals surface area contributed by atoms with E-state index in [9.17, 15) is 9.59 Å². The van der Waals surface area contributed by atoms with E-state index in [-0.39, 0.29) is 23.4 Å². The molecule has 19 heavy (non-hydrogen) atoms. The zero-order valence-corrected chi connectivity index (χ0v) is 12.3. The summed E-state index contributed by atoms with van der Waals surface area (Å²) in [5, 5.41) is 2.95. The fourth-order valence-electron chi connectivity index (χ4n) is 1.82. The van der Waals surface area contributed by atoms with Gasteiger partial charge < -0.3 is 10.3 Å². The number of aromatic nitrogens is 2. The first kappa shape index (κ1) is 15.4. The number of nitrogens with zero attached hydrogens (tertiary/aromatic N) is 1. The predicted molar refractivity (Wildman–Crippen MR) is 74.8 cm³/mol. The SMILES string of the molecule is Cc1cc(=O)[nH]c(C(CC(C)C)NC(=O)C(C)C)n1. The lowest BCUT2D eigenvalue weighted by Gasteiger charge is -2.21. The summed E-state index contributed by atoms with van der Waals surface area (Å²) in [7, 11) is 0. The van der Waals surface area contributed by atoms with Crippen molar-refractivity contribution in [2.45, 2.75) is 47.1 Å². The van der Waals surface area contributed by atoms with Crippen LogP contribution in [0.3, 0.4) is 0 Å². The van der Waals surface area contributed by atoms with Gasteiger partial charge in [0.15, 0.2) is 0 Å². The average molecular weight is 265 g/mol. The quantitative estimate of drug-likeness (QED) is 0.854. The molecule has 0 saturated carbocycles. The molecule has 1 amide bonds. The molecule has 0 spiro atoms. The van der Waals surface area contributed by atoms with E-state index in [4.69, 9.17) is 0 Å². The van der Waals surface area contributed by atoms with Crippen LogP contribution in [0.25, 0.3) is 0 Å². The third-order valence-corrected chi connectivity index (χ3v) is 2.77. The van der Waals surface area contributed by atoms with Gasteiger partial charge in [0.05, 0.1) is 6.04 Å². The maximum atomic E-state index is 11.8. The summed E-state index contributed by atoms with van der Waals surface area (Å²) in [5.41, 5.74) is 0.473. The minimum Gasteiger partial charge on any atom is -0.346 e. The summed E-state index contributed by atoms with van der Waals surface area (Å²) >= 11 is 0. The van der Waals surface area contributed by atoms with Crippen LogP contribution < -0.4 is 10.9 Å². The Morgan fingerprint density at radius 2 is 2.00 bits per heavy atom. The lowest BCUT2D eigenvalue weighted by Crippen LogP contribution is -2.34. The van der Waals surface area contributed by atoms with Gasteiger partial charge in [0.1, 0.15) is 5.82 Å². The molecule has 1 rings (SSSR count). The molecule has 0 saturated heterocycles. The van der Waals surface area contributed by atoms with Crippen LogP contribution >= 0.6 is 0 Å². The predicted octanol–water partition coefficient (Wildman–Crippen LogP) is 1.94. The number of amides is 1. The Kier molecular flexibility index (Phi) is 5.27. The number of rotatable bonds is 5. The van der Waals surface area contributed by atoms with E-state index in [2.05, 4.69) is 29.1 Å². The van der Waals surface area contributed by atoms with Gasteiger partial charge in [-0.2, -0.15) is 0 Å². The van der Waals surface area contributed by atoms with Crippen molar-refractivity contribution >= 4 is 5.91 Å². The van der Waals surface area contributed by atoms with Crippen molar-refractivity contribution in [2.75, 3.05) is 0 Å². The summed E-state index contributed by atoms with van der Waals surface area (Å²) in [6.45, 7) is 9.60. The molecule has 0 fully saturated rings. The van der Waals surface area contributed by atoms with Crippen LogP contribution in [0.4, 0.5) is 0 Å². The number of H-pyrrole nitrogens is 1. The standard InChI is InChI=1S/C14H23N3O2/c1-8(2)6-11(16-14(19)9(3)4)13-15-10(5)7-12(18)17-13/h7-9,11H,6H2,1-5H3,(H,16,19)(H,15,17,18). The van der Waals surface area contributed by atoms with Gasteiger partial charge in [-0.05, 0) is 19.3 Å². The Morgan fingerprint density at radius 1 is 1.37 bits per heavy atom. The molecule has 1 atom stereocenters. The molecule has 106 valence electrons. The molecule has 0 aromatic carbocycles. The Balaban J connectivity index is 3.01. The van der Waals surface area contributed by atoms with Gasteiger partial charge >= 0.3 is 0 Å². The third kappa shape index (κ3) is 4.85. The van der Waals surface area contributed by atoms with Gasteiger partial charge in [-0.25, -0.2) is 4.98 Å². The van der Waals surface area contributed by atoms with Crippen molar-refractivity contribution in [1.29, 1.82) is 0 Å². The maximum Gasteiger partial charge on any atom is 0.251 e. The van der Waals surface area contributed by atoms with Gasteiger partial charge in [0.2, 0.25) is 5.91 Å². The summed E-state index contributed by atoms with van der Waals surface area (Å²) < 4.78 is 0. The first-order chi connectivity index (χ1) is 8.79. The molecule has 0 radical (unpaired) electrons. The molecule has 5 nitrogen and oxygen atoms in total. The van der Waals surface area contributed by atoms with E-state index in [0.29, 0.717) is 17.4 Å². The minimum absolute atomic E-state index is 0.0326. The van der Waals surface area contributed by atoms with Gasteiger partial charge in [0, 0.05) is 17.7 Å². The van der Waals surface area contributed by atoms with E-state index in [1.807, 2.05) is 13.8 Å². The monoisotopic (exact) mass is 265 g/mol. The Bertz CT molecular complexity index is 492. The summed E-state index contributed by atoms with van der Waals surface area (Å²) in [5.74, 6) is 0.803. The Morgan fingerprint density at radius 3 is 2.47 bits per heavy atom. The third-order valence-electron chi connectivity index (χ3n) is 2.77. The molecular formula is C14H23N3O2. The molecule has 1 aromatic rings. The van der Waals surface area contributed by atoms with Gasteiger partial charge in [-0.3, -0.25) is 9.59 Å². The highest BCUT2D eigenvalue weighted by molar-refractivity contribution is 5.78. The number of aryl methyl sites for hydroxylation is 1. The lowest BCUT2D eigenvalue weighted by atomic mass is 10.0. The number of hydrogen-bond donors (Lipinski definition) is 2. The highest BCUT2D eigenvalue weighted by Gasteiger charge is 2.20. The van der Waals surface area contributed by atoms with E-state index >= 15 is 0 Å². The van der Waals surface area contributed by atoms with Crippen LogP contribution in [0.15, 0.2) is 10.9 Å². The largest absolute Gasteiger partial charge is 0.346 e. The van der Waals surface area contributed by atoms with Crippen LogP contribution in [0.2, 0.25) is 0 Å². The topological polar surface area (TPSA) is 74.8 Å². The second kappa shape index (κ2) is 6.50. The van der Waals surface area contributed by atoms with Gasteiger partial charge in [-0.15, -0.1) is 0 Å². The summed E-state index contributed by atoms with van der Waals surface area (Å²) in [6, 6.07) is 1.20. The minimum atomic E-state index is -0.248. The molecule has 0 aliphatic rings. The van der Waals surface area contributed by atoms with Crippen molar-refractivity contribution in [3.63, 3.8) is 0 Å².